The average molecular weight is 517 g/mol. The number of carbonyl (C=O) groups is 4. The fourth-order valence-electron chi connectivity index (χ4n) is 3.42. The minimum absolute atomic E-state index is 0.0346. The predicted octanol–water partition coefficient (Wildman–Crippen LogP) is -1.58. The summed E-state index contributed by atoms with van der Waals surface area (Å²) in [7, 11) is 0. The average Bonchev–Trinajstić information content (AvgIpc) is 2.86. The Hall–Kier alpha value is -4.00. The van der Waals surface area contributed by atoms with Crippen molar-refractivity contribution >= 4 is 23.7 Å². The monoisotopic (exact) mass is 516 g/mol. The zero-order chi connectivity index (χ0) is 27.5. The van der Waals surface area contributed by atoms with Gasteiger partial charge in [0.15, 0.2) is 0 Å². The zero-order valence-corrected chi connectivity index (χ0v) is 20.2. The maximum absolute atomic E-state index is 13.2. The number of carboxylic acid groups (broad SMARTS) is 1. The Kier molecular flexibility index (Phi) is 11.0. The number of hydrogen-bond donors (Lipinski definition) is 8. The summed E-state index contributed by atoms with van der Waals surface area (Å²) in [5, 5.41) is 44.7. The third-order valence-electron chi connectivity index (χ3n) is 5.50. The van der Waals surface area contributed by atoms with Gasteiger partial charge in [-0.05, 0) is 36.6 Å². The normalized spacial score (nSPS) is 14.9. The van der Waals surface area contributed by atoms with Gasteiger partial charge in [0.2, 0.25) is 17.7 Å². The van der Waals surface area contributed by atoms with Gasteiger partial charge < -0.3 is 42.1 Å². The summed E-state index contributed by atoms with van der Waals surface area (Å²) in [6, 6.07) is 9.45. The number of nitrogens with one attached hydrogen (secondary N) is 3. The third-order valence-corrected chi connectivity index (χ3v) is 5.50. The summed E-state index contributed by atoms with van der Waals surface area (Å²) in [6.07, 6.45) is -1.27. The number of rotatable bonds is 13. The summed E-state index contributed by atoms with van der Waals surface area (Å²) < 4.78 is 0. The van der Waals surface area contributed by atoms with Gasteiger partial charge in [0.05, 0.1) is 18.8 Å². The predicted molar refractivity (Wildman–Crippen MR) is 132 cm³/mol. The van der Waals surface area contributed by atoms with Crippen molar-refractivity contribution in [2.45, 2.75) is 50.0 Å². The van der Waals surface area contributed by atoms with E-state index in [-0.39, 0.29) is 18.6 Å². The number of nitrogens with two attached hydrogens (primary N) is 1. The first-order valence-corrected chi connectivity index (χ1v) is 11.5. The van der Waals surface area contributed by atoms with Crippen molar-refractivity contribution < 1.29 is 39.6 Å². The number of aromatic hydroxyl groups is 1. The SMILES string of the molecule is CC(O)C(NC(=O)C(Cc1ccccc1)NC(=O)C(N)Cc1ccc(O)cc1)C(=O)NC(CO)C(=O)O. The van der Waals surface area contributed by atoms with Gasteiger partial charge >= 0.3 is 5.97 Å². The molecule has 37 heavy (non-hydrogen) atoms. The molecule has 0 aliphatic carbocycles. The number of hydrogen-bond acceptors (Lipinski definition) is 8. The molecule has 12 heteroatoms. The van der Waals surface area contributed by atoms with Crippen molar-refractivity contribution in [3.8, 4) is 5.75 Å². The summed E-state index contributed by atoms with van der Waals surface area (Å²) >= 11 is 0. The molecule has 0 radical (unpaired) electrons. The van der Waals surface area contributed by atoms with Crippen molar-refractivity contribution in [1.29, 1.82) is 0 Å². The summed E-state index contributed by atoms with van der Waals surface area (Å²) in [6.45, 7) is 0.324. The summed E-state index contributed by atoms with van der Waals surface area (Å²) in [5.41, 5.74) is 7.42. The Morgan fingerprint density at radius 2 is 1.38 bits per heavy atom. The molecule has 0 aromatic heterocycles. The Bertz CT molecular complexity index is 1060. The summed E-state index contributed by atoms with van der Waals surface area (Å²) in [4.78, 5) is 49.7. The maximum Gasteiger partial charge on any atom is 0.328 e. The van der Waals surface area contributed by atoms with E-state index >= 15 is 0 Å². The highest BCUT2D eigenvalue weighted by atomic mass is 16.4. The number of carboxylic acids is 1. The van der Waals surface area contributed by atoms with Crippen LogP contribution in [0.3, 0.4) is 0 Å². The van der Waals surface area contributed by atoms with Crippen molar-refractivity contribution in [2.75, 3.05) is 6.61 Å². The fourth-order valence-corrected chi connectivity index (χ4v) is 3.42. The van der Waals surface area contributed by atoms with Crippen LogP contribution < -0.4 is 21.7 Å². The van der Waals surface area contributed by atoms with E-state index < -0.39 is 60.6 Å². The lowest BCUT2D eigenvalue weighted by Crippen LogP contribution is -2.60. The molecule has 0 aliphatic heterocycles. The fraction of sp³-hybridized carbons (Fsp3) is 0.360. The van der Waals surface area contributed by atoms with Gasteiger partial charge in [0.1, 0.15) is 23.9 Å². The molecular formula is C25H32N4O8. The number of aliphatic carboxylic acids is 1. The van der Waals surface area contributed by atoms with Crippen molar-refractivity contribution in [3.63, 3.8) is 0 Å². The second kappa shape index (κ2) is 13.9. The Morgan fingerprint density at radius 3 is 1.92 bits per heavy atom. The molecule has 0 bridgehead atoms. The molecule has 5 atom stereocenters. The minimum atomic E-state index is -1.64. The molecule has 9 N–H and O–H groups in total. The van der Waals surface area contributed by atoms with Crippen molar-refractivity contribution in [3.05, 3.63) is 65.7 Å². The zero-order valence-electron chi connectivity index (χ0n) is 20.2. The highest BCUT2D eigenvalue weighted by molar-refractivity contribution is 5.94. The highest BCUT2D eigenvalue weighted by Gasteiger charge is 2.32. The first-order chi connectivity index (χ1) is 17.5. The van der Waals surface area contributed by atoms with Crippen LogP contribution >= 0.6 is 0 Å². The lowest BCUT2D eigenvalue weighted by atomic mass is 10.0. The standard InChI is InChI=1S/C25H32N4O8/c1-14(31)21(24(35)28-20(13-30)25(36)37)29-23(34)19(12-15-5-3-2-4-6-15)27-22(33)18(26)11-16-7-9-17(32)10-8-16/h2-10,14,18-21,30-32H,11-13,26H2,1H3,(H,27,33)(H,28,35)(H,29,34)(H,36,37). The second-order valence-electron chi connectivity index (χ2n) is 8.54. The molecule has 200 valence electrons. The Morgan fingerprint density at radius 1 is 0.811 bits per heavy atom. The van der Waals surface area contributed by atoms with E-state index in [0.717, 1.165) is 0 Å². The van der Waals surface area contributed by atoms with E-state index in [1.807, 2.05) is 5.32 Å². The van der Waals surface area contributed by atoms with Crippen LogP contribution in [0.5, 0.6) is 5.75 Å². The van der Waals surface area contributed by atoms with Gasteiger partial charge in [-0.2, -0.15) is 0 Å². The number of carbonyl (C=O) groups excluding carboxylic acids is 3. The molecule has 0 aliphatic rings. The molecule has 3 amide bonds. The van der Waals surface area contributed by atoms with Gasteiger partial charge in [0, 0.05) is 6.42 Å². The van der Waals surface area contributed by atoms with Gasteiger partial charge in [-0.15, -0.1) is 0 Å². The van der Waals surface area contributed by atoms with Gasteiger partial charge in [0.25, 0.3) is 0 Å². The van der Waals surface area contributed by atoms with Crippen LogP contribution in [0, 0.1) is 0 Å². The number of aliphatic hydroxyl groups excluding tert-OH is 2. The van der Waals surface area contributed by atoms with E-state index in [2.05, 4.69) is 10.6 Å². The Balaban J connectivity index is 2.18. The van der Waals surface area contributed by atoms with Crippen LogP contribution in [0.4, 0.5) is 0 Å². The molecular weight excluding hydrogens is 484 g/mol. The lowest BCUT2D eigenvalue weighted by molar-refractivity contribution is -0.144. The van der Waals surface area contributed by atoms with Crippen LogP contribution in [-0.2, 0) is 32.0 Å². The van der Waals surface area contributed by atoms with Gasteiger partial charge in [-0.25, -0.2) is 4.79 Å². The minimum Gasteiger partial charge on any atom is -0.508 e. The number of phenolic OH excluding ortho intramolecular Hbond substituents is 1. The van der Waals surface area contributed by atoms with Gasteiger partial charge in [-0.1, -0.05) is 42.5 Å². The van der Waals surface area contributed by atoms with Crippen LogP contribution in [0.25, 0.3) is 0 Å². The van der Waals surface area contributed by atoms with E-state index in [0.29, 0.717) is 11.1 Å². The van der Waals surface area contributed by atoms with E-state index in [9.17, 15) is 29.4 Å². The lowest BCUT2D eigenvalue weighted by Gasteiger charge is -2.26. The molecule has 0 fully saturated rings. The summed E-state index contributed by atoms with van der Waals surface area (Å²) in [5.74, 6) is -3.92. The van der Waals surface area contributed by atoms with Crippen LogP contribution in [0.15, 0.2) is 54.6 Å². The topological polar surface area (TPSA) is 211 Å². The second-order valence-corrected chi connectivity index (χ2v) is 8.54. The van der Waals surface area contributed by atoms with E-state index in [1.165, 1.54) is 19.1 Å². The quantitative estimate of drug-likeness (QED) is 0.154. The van der Waals surface area contributed by atoms with E-state index in [4.69, 9.17) is 15.9 Å². The largest absolute Gasteiger partial charge is 0.508 e. The van der Waals surface area contributed by atoms with Gasteiger partial charge in [-0.3, -0.25) is 14.4 Å². The molecule has 2 aromatic rings. The molecule has 0 spiro atoms. The molecule has 0 saturated heterocycles. The molecule has 2 aromatic carbocycles. The molecule has 0 saturated carbocycles. The van der Waals surface area contributed by atoms with Crippen molar-refractivity contribution in [1.82, 2.24) is 16.0 Å². The molecule has 0 heterocycles. The Labute approximate surface area is 213 Å². The van der Waals surface area contributed by atoms with Crippen LogP contribution in [0.2, 0.25) is 0 Å². The van der Waals surface area contributed by atoms with Crippen LogP contribution in [-0.4, -0.2) is 81.0 Å². The van der Waals surface area contributed by atoms with Crippen molar-refractivity contribution in [2.24, 2.45) is 5.73 Å². The molecule has 5 unspecified atom stereocenters. The van der Waals surface area contributed by atoms with Crippen LogP contribution in [0.1, 0.15) is 18.1 Å². The highest BCUT2D eigenvalue weighted by Crippen LogP contribution is 2.11. The number of aliphatic hydroxyl groups is 2. The number of amides is 3. The first kappa shape index (κ1) is 29.2. The smallest absolute Gasteiger partial charge is 0.328 e. The first-order valence-electron chi connectivity index (χ1n) is 11.5. The van der Waals surface area contributed by atoms with E-state index in [1.54, 1.807) is 42.5 Å². The maximum atomic E-state index is 13.2. The number of phenols is 1. The number of benzene rings is 2. The third kappa shape index (κ3) is 9.18. The molecule has 2 rings (SSSR count). The molecule has 12 nitrogen and oxygen atoms in total.